The van der Waals surface area contributed by atoms with Crippen LogP contribution in [0.15, 0.2) is 298 Å². The smallest absolute Gasteiger partial charge is 0.134 e. The van der Waals surface area contributed by atoms with Gasteiger partial charge in [-0.2, -0.15) is 0 Å². The van der Waals surface area contributed by atoms with Crippen molar-refractivity contribution in [1.82, 2.24) is 0 Å². The predicted octanol–water partition coefficient (Wildman–Crippen LogP) is 26.4. The zero-order chi connectivity index (χ0) is 60.5. The molecule has 0 aliphatic carbocycles. The molecule has 22 aromatic rings. The highest BCUT2D eigenvalue weighted by atomic mass is 16.5. The fourth-order valence-electron chi connectivity index (χ4n) is 16.4. The molecule has 0 atom stereocenters. The highest BCUT2D eigenvalue weighted by Crippen LogP contribution is 2.42. The third-order valence-electron chi connectivity index (χ3n) is 21.1. The quantitative estimate of drug-likeness (QED) is 0.124. The summed E-state index contributed by atoms with van der Waals surface area (Å²) in [7, 11) is 0. The van der Waals surface area contributed by atoms with Crippen LogP contribution in [0.2, 0.25) is 0 Å². The topological polar surface area (TPSA) is 9.23 Å². The molecule has 0 saturated carbocycles. The van der Waals surface area contributed by atoms with E-state index in [-0.39, 0.29) is 0 Å². The maximum absolute atomic E-state index is 5.79. The van der Waals surface area contributed by atoms with E-state index in [9.17, 15) is 0 Å². The minimum atomic E-state index is 0.822. The molecular formula is C92H50O. The van der Waals surface area contributed by atoms with Gasteiger partial charge in [-0.05, 0) is 470 Å². The van der Waals surface area contributed by atoms with Gasteiger partial charge in [-0.1, -0.05) is 43.0 Å². The summed E-state index contributed by atoms with van der Waals surface area (Å²) in [4.78, 5) is 0. The Labute approximate surface area is 531 Å². The Morgan fingerprint density at radius 3 is 0.462 bits per heavy atom. The SMILES string of the molecule is C=COc1cccc2cc3cc4cc5cc6cc7cc8cc9cc%10cc%11cc%12cc%13cc%14cc%15cc%16cc%17cc%18cc%19cc%20cc%21cc%22ccccc%22cc%21cc%20cc%19cc%18cc%17cc%16cc%15cc%14cc%13cc%12cc%11cc%10cc9cc8cc7cc6cc5cc4cc3cc12. The second kappa shape index (κ2) is 18.0. The maximum Gasteiger partial charge on any atom is 0.134 e. The van der Waals surface area contributed by atoms with Gasteiger partial charge in [-0.25, -0.2) is 0 Å². The van der Waals surface area contributed by atoms with Crippen molar-refractivity contribution in [3.05, 3.63) is 298 Å². The first-order valence-corrected chi connectivity index (χ1v) is 32.3. The van der Waals surface area contributed by atoms with E-state index in [1.165, 1.54) is 222 Å². The van der Waals surface area contributed by atoms with E-state index in [1.54, 1.807) is 0 Å². The lowest BCUT2D eigenvalue weighted by molar-refractivity contribution is 0.489. The third kappa shape index (κ3) is 7.63. The molecule has 22 aromatic carbocycles. The van der Waals surface area contributed by atoms with Crippen molar-refractivity contribution in [2.75, 3.05) is 0 Å². The minimum absolute atomic E-state index is 0.822. The van der Waals surface area contributed by atoms with Gasteiger partial charge in [0.05, 0.1) is 6.26 Å². The van der Waals surface area contributed by atoms with Crippen LogP contribution >= 0.6 is 0 Å². The minimum Gasteiger partial charge on any atom is -0.465 e. The molecule has 0 radical (unpaired) electrons. The van der Waals surface area contributed by atoms with Crippen molar-refractivity contribution in [2.24, 2.45) is 0 Å². The molecule has 1 heteroatoms. The number of benzene rings is 22. The third-order valence-corrected chi connectivity index (χ3v) is 21.1. The lowest BCUT2D eigenvalue weighted by atomic mass is 9.92. The maximum atomic E-state index is 5.79. The Balaban J connectivity index is 0.598. The standard InChI is InChI=1S/C92H50O/c1-2-93-92-9-5-8-52-12-55-15-58-18-61-21-64-24-67-27-70-30-73-33-76-36-79-39-80-37-77-34-74-31-71-28-68-25-65-22-62-19-59-16-56-13-53-10-50-6-3-4-7-51(50)11-54(53)14-57(56)17-60(59)20-63(62)23-66(65)26-69(68)29-72(71)32-75(74)35-78(77)38-81(80)40-82(79)41-83(76)42-84(73)43-85(70)44-86(67)45-87(64)46-88(61)47-89(58)48-90(55)49-91(52)92/h2-49H,1H2. The normalized spacial score (nSPS) is 12.6. The lowest BCUT2D eigenvalue weighted by Crippen LogP contribution is -1.85. The van der Waals surface area contributed by atoms with Crippen LogP contribution in [0.4, 0.5) is 0 Å². The van der Waals surface area contributed by atoms with Crippen molar-refractivity contribution < 1.29 is 4.74 Å². The van der Waals surface area contributed by atoms with E-state index < -0.39 is 0 Å². The number of ether oxygens (including phenoxy) is 1. The molecule has 0 aliphatic heterocycles. The van der Waals surface area contributed by atoms with E-state index in [0.717, 1.165) is 16.5 Å². The molecule has 0 aromatic heterocycles. The number of hydrogen-bond acceptors (Lipinski definition) is 1. The van der Waals surface area contributed by atoms with Crippen LogP contribution in [0, 0.1) is 0 Å². The molecule has 0 aliphatic rings. The largest absolute Gasteiger partial charge is 0.465 e. The van der Waals surface area contributed by atoms with Gasteiger partial charge in [0.1, 0.15) is 5.75 Å². The van der Waals surface area contributed by atoms with Crippen molar-refractivity contribution in [3.8, 4) is 5.75 Å². The fourth-order valence-corrected chi connectivity index (χ4v) is 16.4. The summed E-state index contributed by atoms with van der Waals surface area (Å²) in [6.45, 7) is 3.79. The second-order valence-electron chi connectivity index (χ2n) is 26.7. The van der Waals surface area contributed by atoms with E-state index in [4.69, 9.17) is 4.74 Å². The zero-order valence-electron chi connectivity index (χ0n) is 50.3. The van der Waals surface area contributed by atoms with Crippen molar-refractivity contribution in [2.45, 2.75) is 0 Å². The monoisotopic (exact) mass is 1170 g/mol. The summed E-state index contributed by atoms with van der Waals surface area (Å²) in [6.07, 6.45) is 1.50. The summed E-state index contributed by atoms with van der Waals surface area (Å²) in [6, 6.07) is 110. The fraction of sp³-hybridized carbons (Fsp3) is 0. The molecule has 1 nitrogen and oxygen atoms in total. The number of fused-ring (bicyclic) bond motifs is 21. The molecule has 0 heterocycles. The molecule has 0 bridgehead atoms. The van der Waals surface area contributed by atoms with Crippen molar-refractivity contribution in [3.63, 3.8) is 0 Å². The van der Waals surface area contributed by atoms with Crippen LogP contribution in [0.1, 0.15) is 0 Å². The van der Waals surface area contributed by atoms with E-state index in [1.807, 2.05) is 12.1 Å². The van der Waals surface area contributed by atoms with Crippen LogP contribution in [0.25, 0.3) is 226 Å². The molecule has 0 saturated heterocycles. The molecule has 0 unspecified atom stereocenters. The summed E-state index contributed by atoms with van der Waals surface area (Å²) < 4.78 is 5.79. The molecule has 0 spiro atoms. The van der Waals surface area contributed by atoms with Crippen molar-refractivity contribution in [1.29, 1.82) is 0 Å². The molecule has 0 N–H and O–H groups in total. The predicted molar refractivity (Wildman–Crippen MR) is 405 cm³/mol. The van der Waals surface area contributed by atoms with Crippen LogP contribution < -0.4 is 4.74 Å². The first kappa shape index (κ1) is 49.7. The summed E-state index contributed by atoms with van der Waals surface area (Å²) in [5.41, 5.74) is 0. The van der Waals surface area contributed by atoms with Gasteiger partial charge in [0.2, 0.25) is 0 Å². The summed E-state index contributed by atoms with van der Waals surface area (Å²) >= 11 is 0. The molecule has 22 rings (SSSR count). The van der Waals surface area contributed by atoms with Gasteiger partial charge in [0.25, 0.3) is 0 Å². The van der Waals surface area contributed by atoms with Crippen LogP contribution in [0.3, 0.4) is 0 Å². The highest BCUT2D eigenvalue weighted by Gasteiger charge is 2.14. The highest BCUT2D eigenvalue weighted by molar-refractivity contribution is 6.19. The van der Waals surface area contributed by atoms with Gasteiger partial charge in [0, 0.05) is 5.39 Å². The van der Waals surface area contributed by atoms with Gasteiger partial charge >= 0.3 is 0 Å². The van der Waals surface area contributed by atoms with Gasteiger partial charge in [-0.3, -0.25) is 0 Å². The van der Waals surface area contributed by atoms with E-state index >= 15 is 0 Å². The molecule has 424 valence electrons. The van der Waals surface area contributed by atoms with E-state index in [0.29, 0.717) is 0 Å². The Hall–Kier alpha value is -12.2. The lowest BCUT2D eigenvalue weighted by Gasteiger charge is -2.12. The Morgan fingerprint density at radius 2 is 0.290 bits per heavy atom. The number of hydrogen-bond donors (Lipinski definition) is 0. The van der Waals surface area contributed by atoms with Crippen LogP contribution in [-0.4, -0.2) is 0 Å². The summed E-state index contributed by atoms with van der Waals surface area (Å²) in [5.74, 6) is 0.822. The van der Waals surface area contributed by atoms with Crippen LogP contribution in [-0.2, 0) is 0 Å². The average Bonchev–Trinajstić information content (AvgIpc) is 0.780. The van der Waals surface area contributed by atoms with Gasteiger partial charge in [0.15, 0.2) is 0 Å². The van der Waals surface area contributed by atoms with Crippen molar-refractivity contribution >= 4 is 226 Å². The summed E-state index contributed by atoms with van der Waals surface area (Å²) in [5, 5.41) is 52.5. The average molecular weight is 1170 g/mol. The Bertz CT molecular complexity index is 7340. The number of rotatable bonds is 2. The van der Waals surface area contributed by atoms with Gasteiger partial charge in [-0.15, -0.1) is 0 Å². The zero-order valence-corrected chi connectivity index (χ0v) is 50.3. The first-order valence-electron chi connectivity index (χ1n) is 32.3. The molecule has 93 heavy (non-hydrogen) atoms. The first-order chi connectivity index (χ1) is 45.7. The molecule has 0 fully saturated rings. The second-order valence-corrected chi connectivity index (χ2v) is 26.7. The Kier molecular flexibility index (Phi) is 9.64. The van der Waals surface area contributed by atoms with Crippen LogP contribution in [0.5, 0.6) is 5.75 Å². The molecular weight excluding hydrogens is 1120 g/mol. The Morgan fingerprint density at radius 1 is 0.151 bits per heavy atom. The molecule has 0 amide bonds. The van der Waals surface area contributed by atoms with Gasteiger partial charge < -0.3 is 4.74 Å². The van der Waals surface area contributed by atoms with E-state index in [2.05, 4.69) is 280 Å².